The van der Waals surface area contributed by atoms with Crippen LogP contribution < -0.4 is 15.5 Å². The molecule has 0 bridgehead atoms. The number of benzene rings is 1. The van der Waals surface area contributed by atoms with Crippen LogP contribution in [-0.2, 0) is 17.7 Å². The van der Waals surface area contributed by atoms with Crippen LogP contribution in [0.2, 0.25) is 0 Å². The van der Waals surface area contributed by atoms with Crippen molar-refractivity contribution in [1.29, 1.82) is 5.26 Å². The number of nitrogens with zero attached hydrogens (tertiary/aromatic N) is 3. The highest BCUT2D eigenvalue weighted by Crippen LogP contribution is 2.28. The summed E-state index contributed by atoms with van der Waals surface area (Å²) >= 11 is 1.55. The highest BCUT2D eigenvalue weighted by atomic mass is 32.1. The second-order valence-electron chi connectivity index (χ2n) is 8.65. The molecule has 0 unspecified atom stereocenters. The van der Waals surface area contributed by atoms with Gasteiger partial charge in [-0.2, -0.15) is 5.26 Å². The molecule has 2 saturated heterocycles. The lowest BCUT2D eigenvalue weighted by Gasteiger charge is -2.41. The molecule has 7 nitrogen and oxygen atoms in total. The third kappa shape index (κ3) is 4.52. The Morgan fingerprint density at radius 1 is 1.19 bits per heavy atom. The number of anilines is 2. The maximum atomic E-state index is 12.8. The minimum atomic E-state index is -0.105. The maximum Gasteiger partial charge on any atom is 0.265 e. The number of hydrogen-bond donors (Lipinski definition) is 2. The summed E-state index contributed by atoms with van der Waals surface area (Å²) in [5.41, 5.74) is 3.50. The standard InChI is InChI=1S/C24H29N5O2S/c25-15-18-13-19(27-24(30)22-14-17-3-6-26-16-23(17)32-22)1-2-21(18)29-9-7-28(8-10-29)20-4-11-31-12-5-20/h1-2,13-14,20,26H,3-12,16H2,(H,27,30). The van der Waals surface area contributed by atoms with E-state index in [4.69, 9.17) is 4.74 Å². The second-order valence-corrected chi connectivity index (χ2v) is 9.79. The van der Waals surface area contributed by atoms with Crippen molar-refractivity contribution in [3.05, 3.63) is 45.1 Å². The Kier molecular flexibility index (Phi) is 6.42. The molecule has 0 atom stereocenters. The number of amides is 1. The predicted octanol–water partition coefficient (Wildman–Crippen LogP) is 2.82. The molecule has 2 fully saturated rings. The largest absolute Gasteiger partial charge is 0.381 e. The van der Waals surface area contributed by atoms with E-state index in [2.05, 4.69) is 26.5 Å². The van der Waals surface area contributed by atoms with Gasteiger partial charge < -0.3 is 20.3 Å². The van der Waals surface area contributed by atoms with Crippen LogP contribution in [-0.4, -0.2) is 62.8 Å². The van der Waals surface area contributed by atoms with Crippen LogP contribution in [0.15, 0.2) is 24.3 Å². The number of thiophene rings is 1. The Labute approximate surface area is 193 Å². The van der Waals surface area contributed by atoms with Crippen LogP contribution in [0.3, 0.4) is 0 Å². The first-order chi connectivity index (χ1) is 15.7. The highest BCUT2D eigenvalue weighted by Gasteiger charge is 2.26. The molecule has 5 rings (SSSR count). The Bertz CT molecular complexity index is 992. The molecule has 3 aliphatic rings. The van der Waals surface area contributed by atoms with E-state index in [9.17, 15) is 10.1 Å². The molecule has 2 aromatic rings. The van der Waals surface area contributed by atoms with Gasteiger partial charge in [0.15, 0.2) is 0 Å². The van der Waals surface area contributed by atoms with Gasteiger partial charge in [0.1, 0.15) is 6.07 Å². The van der Waals surface area contributed by atoms with Gasteiger partial charge in [0.2, 0.25) is 0 Å². The molecule has 0 spiro atoms. The van der Waals surface area contributed by atoms with Crippen LogP contribution >= 0.6 is 11.3 Å². The predicted molar refractivity (Wildman–Crippen MR) is 126 cm³/mol. The van der Waals surface area contributed by atoms with Gasteiger partial charge in [0.25, 0.3) is 5.91 Å². The minimum Gasteiger partial charge on any atom is -0.381 e. The van der Waals surface area contributed by atoms with Crippen molar-refractivity contribution >= 4 is 28.6 Å². The summed E-state index contributed by atoms with van der Waals surface area (Å²) in [4.78, 5) is 19.6. The first kappa shape index (κ1) is 21.4. The number of hydrogen-bond acceptors (Lipinski definition) is 7. The fraction of sp³-hybridized carbons (Fsp3) is 0.500. The summed E-state index contributed by atoms with van der Waals surface area (Å²) in [5, 5.41) is 16.1. The number of carbonyl (C=O) groups excluding carboxylic acids is 1. The number of piperazine rings is 1. The molecule has 3 aliphatic heterocycles. The van der Waals surface area contributed by atoms with Gasteiger partial charge in [-0.05, 0) is 55.6 Å². The average Bonchev–Trinajstić information content (AvgIpc) is 3.29. The van der Waals surface area contributed by atoms with Gasteiger partial charge in [-0.3, -0.25) is 9.69 Å². The summed E-state index contributed by atoms with van der Waals surface area (Å²) in [6.45, 7) is 7.35. The average molecular weight is 452 g/mol. The fourth-order valence-corrected chi connectivity index (χ4v) is 5.99. The molecule has 0 radical (unpaired) electrons. The van der Waals surface area contributed by atoms with E-state index in [1.54, 1.807) is 17.4 Å². The second kappa shape index (κ2) is 9.59. The zero-order valence-corrected chi connectivity index (χ0v) is 19.0. The van der Waals surface area contributed by atoms with Crippen molar-refractivity contribution in [3.63, 3.8) is 0 Å². The minimum absolute atomic E-state index is 0.105. The van der Waals surface area contributed by atoms with Crippen LogP contribution in [0, 0.1) is 11.3 Å². The van der Waals surface area contributed by atoms with Crippen LogP contribution in [0.5, 0.6) is 0 Å². The Hall–Kier alpha value is -2.44. The third-order valence-corrected chi connectivity index (χ3v) is 7.89. The molecule has 0 saturated carbocycles. The van der Waals surface area contributed by atoms with Gasteiger partial charge in [-0.25, -0.2) is 0 Å². The first-order valence-electron chi connectivity index (χ1n) is 11.5. The summed E-state index contributed by atoms with van der Waals surface area (Å²) < 4.78 is 5.49. The number of ether oxygens (including phenoxy) is 1. The van der Waals surface area contributed by atoms with Crippen LogP contribution in [0.25, 0.3) is 0 Å². The first-order valence-corrected chi connectivity index (χ1v) is 12.3. The molecule has 8 heteroatoms. The lowest BCUT2D eigenvalue weighted by atomic mass is 10.1. The molecule has 168 valence electrons. The van der Waals surface area contributed by atoms with E-state index < -0.39 is 0 Å². The molecule has 1 amide bonds. The van der Waals surface area contributed by atoms with Crippen molar-refractivity contribution in [2.24, 2.45) is 0 Å². The Morgan fingerprint density at radius 3 is 2.75 bits per heavy atom. The van der Waals surface area contributed by atoms with Gasteiger partial charge in [-0.15, -0.1) is 11.3 Å². The smallest absolute Gasteiger partial charge is 0.265 e. The topological polar surface area (TPSA) is 80.6 Å². The van der Waals surface area contributed by atoms with E-state index in [0.29, 0.717) is 17.3 Å². The van der Waals surface area contributed by atoms with Gasteiger partial charge >= 0.3 is 0 Å². The van der Waals surface area contributed by atoms with E-state index >= 15 is 0 Å². The Morgan fingerprint density at radius 2 is 2.00 bits per heavy atom. The number of rotatable bonds is 4. The quantitative estimate of drug-likeness (QED) is 0.744. The summed E-state index contributed by atoms with van der Waals surface area (Å²) in [7, 11) is 0. The van der Waals surface area contributed by atoms with E-state index in [-0.39, 0.29) is 5.91 Å². The van der Waals surface area contributed by atoms with Gasteiger partial charge in [0.05, 0.1) is 16.1 Å². The maximum absolute atomic E-state index is 12.8. The summed E-state index contributed by atoms with van der Waals surface area (Å²) in [6.07, 6.45) is 3.19. The number of carbonyl (C=O) groups is 1. The van der Waals surface area contributed by atoms with Gasteiger partial charge in [0, 0.05) is 62.5 Å². The van der Waals surface area contributed by atoms with E-state index in [1.807, 2.05) is 18.2 Å². The van der Waals surface area contributed by atoms with Crippen molar-refractivity contribution < 1.29 is 9.53 Å². The lowest BCUT2D eigenvalue weighted by molar-refractivity contribution is 0.0321. The molecule has 0 aliphatic carbocycles. The normalized spacial score (nSPS) is 19.9. The van der Waals surface area contributed by atoms with Crippen LogP contribution in [0.1, 0.15) is 38.5 Å². The third-order valence-electron chi connectivity index (χ3n) is 6.71. The zero-order valence-electron chi connectivity index (χ0n) is 18.2. The molecule has 2 N–H and O–H groups in total. The Balaban J connectivity index is 1.24. The molecular weight excluding hydrogens is 422 g/mol. The number of nitrogens with one attached hydrogen (secondary N) is 2. The van der Waals surface area contributed by atoms with Crippen molar-refractivity contribution in [2.45, 2.75) is 31.8 Å². The molecule has 1 aromatic carbocycles. The highest BCUT2D eigenvalue weighted by molar-refractivity contribution is 7.14. The lowest BCUT2D eigenvalue weighted by Crippen LogP contribution is -2.51. The SMILES string of the molecule is N#Cc1cc(NC(=O)c2cc3c(s2)CNCC3)ccc1N1CCN(C2CCOCC2)CC1. The van der Waals surface area contributed by atoms with E-state index in [1.165, 1.54) is 10.4 Å². The molecular formula is C24H29N5O2S. The van der Waals surface area contributed by atoms with Crippen molar-refractivity contribution in [2.75, 3.05) is 56.2 Å². The number of nitriles is 1. The fourth-order valence-electron chi connectivity index (χ4n) is 4.91. The molecule has 1 aromatic heterocycles. The molecule has 4 heterocycles. The summed E-state index contributed by atoms with van der Waals surface area (Å²) in [6, 6.07) is 10.6. The van der Waals surface area contributed by atoms with Crippen LogP contribution in [0.4, 0.5) is 11.4 Å². The summed E-state index contributed by atoms with van der Waals surface area (Å²) in [5.74, 6) is -0.105. The van der Waals surface area contributed by atoms with Gasteiger partial charge in [-0.1, -0.05) is 0 Å². The molecule has 32 heavy (non-hydrogen) atoms. The van der Waals surface area contributed by atoms with E-state index in [0.717, 1.165) is 82.3 Å². The van der Waals surface area contributed by atoms with Crippen molar-refractivity contribution in [1.82, 2.24) is 10.2 Å². The number of fused-ring (bicyclic) bond motifs is 1. The monoisotopic (exact) mass is 451 g/mol. The zero-order chi connectivity index (χ0) is 21.9. The van der Waals surface area contributed by atoms with Crippen molar-refractivity contribution in [3.8, 4) is 6.07 Å².